The normalized spacial score (nSPS) is 20.0. The van der Waals surface area contributed by atoms with Crippen LogP contribution < -0.4 is 0 Å². The van der Waals surface area contributed by atoms with E-state index in [0.717, 1.165) is 0 Å². The van der Waals surface area contributed by atoms with E-state index in [-0.39, 0.29) is 5.48 Å². The molecule has 0 aromatic heterocycles. The summed E-state index contributed by atoms with van der Waals surface area (Å²) in [6.07, 6.45) is 0. The fourth-order valence-electron chi connectivity index (χ4n) is 0. The van der Waals surface area contributed by atoms with Crippen LogP contribution in [-0.2, 0) is 22.4 Å². The van der Waals surface area contributed by atoms with E-state index in [4.69, 9.17) is 6.80 Å². The van der Waals surface area contributed by atoms with Crippen molar-refractivity contribution in [2.24, 2.45) is 0 Å². The van der Waals surface area contributed by atoms with Gasteiger partial charge in [0, 0.05) is 0 Å². The summed E-state index contributed by atoms with van der Waals surface area (Å²) in [4.78, 5) is 0. The molecule has 0 fully saturated rings. The van der Waals surface area contributed by atoms with Gasteiger partial charge in [0.2, 0.25) is 0 Å². The minimum absolute atomic E-state index is 0. The van der Waals surface area contributed by atoms with Gasteiger partial charge in [-0.1, -0.05) is 0 Å². The first kappa shape index (κ1) is 10.9. The third-order valence-corrected chi connectivity index (χ3v) is 0. The molecule has 0 aliphatic rings. The molecule has 0 radical (unpaired) electrons. The van der Waals surface area contributed by atoms with Crippen molar-refractivity contribution in [3.8, 4) is 0 Å². The number of hydrogen-bond donors (Lipinski definition) is 0. The molecule has 2 N–H and O–H groups in total. The Morgan fingerprint density at radius 1 is 0.875 bits per heavy atom. The zero-order valence-corrected chi connectivity index (χ0v) is 5.24. The molecule has 54 valence electrons. The Balaban J connectivity index is 0. The molecule has 0 heterocycles. The Morgan fingerprint density at radius 3 is 0.875 bits per heavy atom. The summed E-state index contributed by atoms with van der Waals surface area (Å²) < 4.78 is 57.0. The van der Waals surface area contributed by atoms with Crippen molar-refractivity contribution in [1.29, 1.82) is 0 Å². The van der Waals surface area contributed by atoms with Crippen LogP contribution in [0.3, 0.4) is 0 Å². The van der Waals surface area contributed by atoms with Crippen LogP contribution in [0.5, 0.6) is 0 Å². The number of rotatable bonds is 0. The van der Waals surface area contributed by atoms with E-state index >= 15 is 0 Å². The van der Waals surface area contributed by atoms with Crippen LogP contribution in [0.2, 0.25) is 0 Å². The van der Waals surface area contributed by atoms with E-state index in [9.17, 15) is 12.6 Å². The summed E-state index contributed by atoms with van der Waals surface area (Å²) in [6, 6.07) is 0. The molecule has 0 atom stereocenters. The van der Waals surface area contributed by atoms with E-state index < -0.39 is 15.6 Å². The molecule has 0 saturated heterocycles. The fourth-order valence-corrected chi connectivity index (χ4v) is 0. The van der Waals surface area contributed by atoms with Crippen LogP contribution in [0.4, 0.5) is 12.6 Å². The molecule has 3 nitrogen and oxygen atoms in total. The van der Waals surface area contributed by atoms with Crippen LogP contribution >= 0.6 is 0 Å². The van der Waals surface area contributed by atoms with Gasteiger partial charge in [-0.25, -0.2) is 0 Å². The van der Waals surface area contributed by atoms with Gasteiger partial charge in [-0.05, 0) is 0 Å². The average Bonchev–Trinajstić information content (AvgIpc) is 0.592. The van der Waals surface area contributed by atoms with Gasteiger partial charge in [0.15, 0.2) is 0 Å². The topological polar surface area (TPSA) is 65.6 Å². The monoisotopic (exact) mass is 224 g/mol. The van der Waals surface area contributed by atoms with Gasteiger partial charge in [-0.15, -0.1) is 0 Å². The van der Waals surface area contributed by atoms with Gasteiger partial charge in [0.25, 0.3) is 0 Å². The summed E-state index contributed by atoms with van der Waals surface area (Å²) in [5.41, 5.74) is 0. The minimum atomic E-state index is -10.7. The Kier molecular flexibility index (Phi) is 1.50. The predicted octanol–water partition coefficient (Wildman–Crippen LogP) is 0.616. The number of halogens is 4. The molecule has 0 amide bonds. The molecule has 0 unspecified atom stereocenters. The Labute approximate surface area is 41.3 Å². The summed E-state index contributed by atoms with van der Waals surface area (Å²) in [6.45, 7) is 0. The predicted molar refractivity (Wildman–Crippen MR) is 9.42 cm³/mol. The SMILES string of the molecule is O.[O]=[Mo](=[O])([F])([F])([F])[F]. The van der Waals surface area contributed by atoms with Gasteiger partial charge in [0.05, 0.1) is 0 Å². The van der Waals surface area contributed by atoms with Crippen LogP contribution in [0.15, 0.2) is 0 Å². The van der Waals surface area contributed by atoms with Crippen molar-refractivity contribution >= 4 is 0 Å². The maximum atomic E-state index is 10.1. The van der Waals surface area contributed by atoms with Crippen LogP contribution in [0, 0.1) is 0 Å². The summed E-state index contributed by atoms with van der Waals surface area (Å²) in [5, 5.41) is 0. The Hall–Kier alpha value is -0.0317. The van der Waals surface area contributed by atoms with Crippen LogP contribution in [0.1, 0.15) is 0 Å². The molecule has 0 bridgehead atoms. The Morgan fingerprint density at radius 2 is 0.875 bits per heavy atom. The summed E-state index contributed by atoms with van der Waals surface area (Å²) in [7, 11) is 0. The van der Waals surface area contributed by atoms with Crippen molar-refractivity contribution < 1.29 is 40.5 Å². The van der Waals surface area contributed by atoms with E-state index in [1.807, 2.05) is 0 Å². The van der Waals surface area contributed by atoms with Crippen LogP contribution in [0.25, 0.3) is 0 Å². The second kappa shape index (κ2) is 1.11. The van der Waals surface area contributed by atoms with Crippen molar-refractivity contribution in [3.05, 3.63) is 0 Å². The van der Waals surface area contributed by atoms with Gasteiger partial charge in [0.1, 0.15) is 0 Å². The molecule has 0 aromatic carbocycles. The molecular weight excluding hydrogens is 220 g/mol. The fraction of sp³-hybridized carbons (Fsp3) is 0. The van der Waals surface area contributed by atoms with Crippen molar-refractivity contribution in [2.45, 2.75) is 0 Å². The maximum absolute atomic E-state index is 10.7. The average molecular weight is 222 g/mol. The van der Waals surface area contributed by atoms with E-state index in [0.29, 0.717) is 0 Å². The molecule has 0 aliphatic carbocycles. The number of hydrogen-bond acceptors (Lipinski definition) is 2. The first-order valence-corrected chi connectivity index (χ1v) is 5.62. The van der Waals surface area contributed by atoms with Crippen LogP contribution in [-0.4, -0.2) is 5.48 Å². The van der Waals surface area contributed by atoms with Crippen molar-refractivity contribution in [1.82, 2.24) is 0 Å². The molecule has 8 heteroatoms. The van der Waals surface area contributed by atoms with Crippen molar-refractivity contribution in [2.75, 3.05) is 0 Å². The molecule has 0 aliphatic heterocycles. The third-order valence-electron chi connectivity index (χ3n) is 0. The van der Waals surface area contributed by atoms with Gasteiger partial charge < -0.3 is 5.48 Å². The standard InChI is InChI=1S/4FH.Mo.H2O.2O/h4*1H;;1H2;;/q;;;;+4;;;/p-4. The molecule has 8 heavy (non-hydrogen) atoms. The second-order valence-corrected chi connectivity index (χ2v) is 5.45. The molecule has 0 spiro atoms. The quantitative estimate of drug-likeness (QED) is 0.445. The third kappa shape index (κ3) is 147000. The molecular formula is H2F4MoO3. The molecule has 0 aromatic rings. The van der Waals surface area contributed by atoms with E-state index in [1.165, 1.54) is 0 Å². The summed E-state index contributed by atoms with van der Waals surface area (Å²) in [5.74, 6) is 0. The zero-order chi connectivity index (χ0) is 6.41. The van der Waals surface area contributed by atoms with Gasteiger partial charge in [-0.2, -0.15) is 0 Å². The van der Waals surface area contributed by atoms with Crippen molar-refractivity contribution in [3.63, 3.8) is 0 Å². The second-order valence-electron chi connectivity index (χ2n) is 0.922. The van der Waals surface area contributed by atoms with Gasteiger partial charge >= 0.3 is 35.0 Å². The zero-order valence-electron chi connectivity index (χ0n) is 3.24. The first-order chi connectivity index (χ1) is 2.45. The van der Waals surface area contributed by atoms with E-state index in [1.54, 1.807) is 0 Å². The van der Waals surface area contributed by atoms with E-state index in [2.05, 4.69) is 0 Å². The van der Waals surface area contributed by atoms with Gasteiger partial charge in [-0.3, -0.25) is 0 Å². The summed E-state index contributed by atoms with van der Waals surface area (Å²) >= 11 is -10.7. The first-order valence-electron chi connectivity index (χ1n) is 0.951. The molecule has 0 rings (SSSR count). The molecule has 0 saturated carbocycles. The Bertz CT molecular complexity index is 191.